The zero-order valence-electron chi connectivity index (χ0n) is 19.5. The fraction of sp³-hybridized carbons (Fsp3) is 0.947. The molecule has 0 aliphatic carbocycles. The van der Waals surface area contributed by atoms with Crippen LogP contribution in [0.25, 0.3) is 0 Å². The maximum atomic E-state index is 12.0. The molecule has 0 radical (unpaired) electrons. The van der Waals surface area contributed by atoms with Gasteiger partial charge in [-0.3, -0.25) is 9.36 Å². The first-order chi connectivity index (χ1) is 14.9. The van der Waals surface area contributed by atoms with E-state index in [0.717, 1.165) is 19.3 Å². The van der Waals surface area contributed by atoms with Crippen LogP contribution in [0.15, 0.2) is 0 Å². The monoisotopic (exact) mass is 485 g/mol. The summed E-state index contributed by atoms with van der Waals surface area (Å²) in [5.74, 6) is -0.439. The second kappa shape index (κ2) is 13.9. The third-order valence-electron chi connectivity index (χ3n) is 4.86. The summed E-state index contributed by atoms with van der Waals surface area (Å²) in [6.45, 7) is 1.96. The predicted octanol–water partition coefficient (Wildman–Crippen LogP) is -1.32. The Labute approximate surface area is 190 Å². The fourth-order valence-electron chi connectivity index (χ4n) is 3.03. The molecule has 1 rings (SSSR count). The number of hydrogen-bond acceptors (Lipinski definition) is 10. The van der Waals surface area contributed by atoms with E-state index in [-0.39, 0.29) is 13.2 Å². The number of unbranched alkanes of at least 4 members (excludes halogenated alkanes) is 3. The second-order valence-corrected chi connectivity index (χ2v) is 10.3. The van der Waals surface area contributed by atoms with Crippen molar-refractivity contribution < 1.29 is 47.5 Å². The van der Waals surface area contributed by atoms with Crippen LogP contribution in [0.3, 0.4) is 0 Å². The summed E-state index contributed by atoms with van der Waals surface area (Å²) in [7, 11) is 1.02. The Morgan fingerprint density at radius 2 is 1.78 bits per heavy atom. The number of nitrogens with one attached hydrogen (secondary N) is 1. The minimum atomic E-state index is -4.64. The van der Waals surface area contributed by atoms with Gasteiger partial charge in [0.25, 0.3) is 7.82 Å². The molecule has 1 fully saturated rings. The van der Waals surface area contributed by atoms with Crippen molar-refractivity contribution in [2.75, 3.05) is 54.1 Å². The number of carbonyl (C=O) groups is 1. The predicted molar refractivity (Wildman–Crippen MR) is 114 cm³/mol. The Kier molecular flexibility index (Phi) is 12.8. The molecule has 6 atom stereocenters. The number of nitrogens with two attached hydrogens (primary N) is 1. The molecule has 1 unspecified atom stereocenters. The highest BCUT2D eigenvalue weighted by atomic mass is 31.2. The van der Waals surface area contributed by atoms with Crippen LogP contribution >= 0.6 is 7.82 Å². The molecule has 0 spiro atoms. The van der Waals surface area contributed by atoms with E-state index in [1.165, 1.54) is 6.92 Å². The molecule has 0 aromatic carbocycles. The zero-order chi connectivity index (χ0) is 24.4. The van der Waals surface area contributed by atoms with Crippen LogP contribution in [0.4, 0.5) is 0 Å². The average molecular weight is 486 g/mol. The number of amides is 1. The molecule has 0 aromatic heterocycles. The molecule has 0 bridgehead atoms. The zero-order valence-corrected chi connectivity index (χ0v) is 20.4. The largest absolute Gasteiger partial charge is 0.756 e. The van der Waals surface area contributed by atoms with Crippen molar-refractivity contribution in [3.63, 3.8) is 0 Å². The lowest BCUT2D eigenvalue weighted by Crippen LogP contribution is -2.64. The number of hydrogen-bond donors (Lipinski definition) is 4. The van der Waals surface area contributed by atoms with Crippen molar-refractivity contribution in [1.82, 2.24) is 5.32 Å². The molecule has 12 nitrogen and oxygen atoms in total. The molecular formula is C19H40N3O9P. The molecule has 1 heterocycles. The third-order valence-corrected chi connectivity index (χ3v) is 5.82. The van der Waals surface area contributed by atoms with Crippen LogP contribution in [0, 0.1) is 0 Å². The number of phosphoric ester groups is 1. The highest BCUT2D eigenvalue weighted by Crippen LogP contribution is 2.39. The second-order valence-electron chi connectivity index (χ2n) is 8.91. The van der Waals surface area contributed by atoms with Crippen LogP contribution in [0.5, 0.6) is 0 Å². The first-order valence-electron chi connectivity index (χ1n) is 10.9. The summed E-state index contributed by atoms with van der Waals surface area (Å²) < 4.78 is 33.6. The van der Waals surface area contributed by atoms with Crippen molar-refractivity contribution in [3.05, 3.63) is 0 Å². The molecule has 1 saturated heterocycles. The van der Waals surface area contributed by atoms with E-state index >= 15 is 0 Å². The van der Waals surface area contributed by atoms with Gasteiger partial charge in [0.15, 0.2) is 6.29 Å². The van der Waals surface area contributed by atoms with E-state index < -0.39 is 51.0 Å². The minimum Gasteiger partial charge on any atom is -0.756 e. The Hall–Kier alpha value is -0.660. The van der Waals surface area contributed by atoms with E-state index in [4.69, 9.17) is 24.3 Å². The van der Waals surface area contributed by atoms with Gasteiger partial charge in [-0.15, -0.1) is 0 Å². The standard InChI is InChI=1S/C19H40N3O9P/c1-14(23)21-16-18(25)17(24)15(31-19(16)28-11-8-6-5-7-9-20)13-30-32(26,27)29-12-10-22(2,3)4/h15-19,24-25H,5-13,20H2,1-4H3,(H-,21,23,26,27)/t15-,16-,17+,18-,19-/m1/s1. The minimum absolute atomic E-state index is 0.0680. The van der Waals surface area contributed by atoms with Gasteiger partial charge in [-0.1, -0.05) is 12.8 Å². The van der Waals surface area contributed by atoms with Crippen molar-refractivity contribution in [3.8, 4) is 0 Å². The van der Waals surface area contributed by atoms with Gasteiger partial charge in [0.2, 0.25) is 5.91 Å². The van der Waals surface area contributed by atoms with E-state index in [1.54, 1.807) is 0 Å². The van der Waals surface area contributed by atoms with E-state index in [9.17, 15) is 24.5 Å². The lowest BCUT2D eigenvalue weighted by molar-refractivity contribution is -0.870. The van der Waals surface area contributed by atoms with Gasteiger partial charge >= 0.3 is 0 Å². The van der Waals surface area contributed by atoms with Gasteiger partial charge in [0, 0.05) is 13.5 Å². The number of aliphatic hydroxyl groups is 2. The fourth-order valence-corrected chi connectivity index (χ4v) is 3.74. The SMILES string of the molecule is CC(=O)N[C@H]1[C@H](OCCCCCCN)O[C@H](COP(=O)([O-])OCC[N+](C)(C)C)[C@H](O)[C@@H]1O. The Balaban J connectivity index is 2.66. The summed E-state index contributed by atoms with van der Waals surface area (Å²) >= 11 is 0. The highest BCUT2D eigenvalue weighted by Gasteiger charge is 2.46. The number of quaternary nitrogens is 1. The highest BCUT2D eigenvalue weighted by molar-refractivity contribution is 7.45. The summed E-state index contributed by atoms with van der Waals surface area (Å²) in [6, 6.07) is -1.03. The molecule has 1 aliphatic rings. The van der Waals surface area contributed by atoms with Crippen LogP contribution < -0.4 is 15.9 Å². The van der Waals surface area contributed by atoms with Gasteiger partial charge in [-0.2, -0.15) is 0 Å². The smallest absolute Gasteiger partial charge is 0.268 e. The summed E-state index contributed by atoms with van der Waals surface area (Å²) in [5.41, 5.74) is 5.47. The van der Waals surface area contributed by atoms with Crippen LogP contribution in [0.1, 0.15) is 32.6 Å². The topological polar surface area (TPSA) is 173 Å². The Bertz CT molecular complexity index is 605. The van der Waals surface area contributed by atoms with Gasteiger partial charge in [0.1, 0.15) is 37.5 Å². The van der Waals surface area contributed by atoms with E-state index in [0.29, 0.717) is 24.0 Å². The Morgan fingerprint density at radius 3 is 2.38 bits per heavy atom. The van der Waals surface area contributed by atoms with Crippen LogP contribution in [-0.2, 0) is 27.9 Å². The van der Waals surface area contributed by atoms with Crippen molar-refractivity contribution in [2.24, 2.45) is 5.73 Å². The summed E-state index contributed by atoms with van der Waals surface area (Å²) in [6.07, 6.45) is -1.81. The maximum absolute atomic E-state index is 12.0. The normalized spacial score (nSPS) is 28.3. The van der Waals surface area contributed by atoms with Crippen molar-refractivity contribution >= 4 is 13.7 Å². The third kappa shape index (κ3) is 11.5. The number of aliphatic hydroxyl groups excluding tert-OH is 2. The van der Waals surface area contributed by atoms with Crippen molar-refractivity contribution in [2.45, 2.75) is 63.3 Å². The molecule has 0 saturated carbocycles. The van der Waals surface area contributed by atoms with Gasteiger partial charge in [-0.05, 0) is 19.4 Å². The van der Waals surface area contributed by atoms with Gasteiger partial charge in [0.05, 0.1) is 27.7 Å². The van der Waals surface area contributed by atoms with Crippen LogP contribution in [-0.4, -0.2) is 105 Å². The van der Waals surface area contributed by atoms with Gasteiger partial charge in [-0.25, -0.2) is 0 Å². The quantitative estimate of drug-likeness (QED) is 0.124. The van der Waals surface area contributed by atoms with Gasteiger partial charge < -0.3 is 49.2 Å². The van der Waals surface area contributed by atoms with Crippen molar-refractivity contribution in [1.29, 1.82) is 0 Å². The van der Waals surface area contributed by atoms with E-state index in [1.807, 2.05) is 21.1 Å². The number of likely N-dealkylation sites (N-methyl/N-ethyl adjacent to an activating group) is 1. The first-order valence-corrected chi connectivity index (χ1v) is 12.3. The number of ether oxygens (including phenoxy) is 2. The summed E-state index contributed by atoms with van der Waals surface area (Å²) in [4.78, 5) is 23.5. The number of nitrogens with zero attached hydrogens (tertiary/aromatic N) is 1. The molecule has 1 amide bonds. The number of rotatable bonds is 15. The first kappa shape index (κ1) is 29.4. The van der Waals surface area contributed by atoms with Crippen LogP contribution in [0.2, 0.25) is 0 Å². The molecule has 190 valence electrons. The molecule has 1 aliphatic heterocycles. The molecule has 0 aromatic rings. The number of carbonyl (C=O) groups excluding carboxylic acids is 1. The lowest BCUT2D eigenvalue weighted by atomic mass is 9.97. The Morgan fingerprint density at radius 1 is 1.12 bits per heavy atom. The molecule has 13 heteroatoms. The molecule has 32 heavy (non-hydrogen) atoms. The maximum Gasteiger partial charge on any atom is 0.268 e. The summed E-state index contributed by atoms with van der Waals surface area (Å²) in [5, 5.41) is 23.4. The molecular weight excluding hydrogens is 445 g/mol. The lowest BCUT2D eigenvalue weighted by Gasteiger charge is -2.43. The molecule has 5 N–H and O–H groups in total. The number of phosphoric acid groups is 1. The average Bonchev–Trinajstić information content (AvgIpc) is 2.67. The van der Waals surface area contributed by atoms with E-state index in [2.05, 4.69) is 5.32 Å².